The maximum atomic E-state index is 14.9. The van der Waals surface area contributed by atoms with E-state index < -0.39 is 29.0 Å². The Morgan fingerprint density at radius 3 is 1.44 bits per heavy atom. The first-order chi connectivity index (χ1) is 33.5. The van der Waals surface area contributed by atoms with Crippen molar-refractivity contribution in [3.8, 4) is 62.0 Å². The van der Waals surface area contributed by atoms with Crippen LogP contribution in [0, 0.1) is 39.0 Å². The molecule has 0 unspecified atom stereocenters. The van der Waals surface area contributed by atoms with Crippen molar-refractivity contribution in [1.82, 2.24) is 9.13 Å². The largest absolute Gasteiger partial charge is 0.417 e. The van der Waals surface area contributed by atoms with E-state index in [-0.39, 0.29) is 17.2 Å². The van der Waals surface area contributed by atoms with Gasteiger partial charge in [-0.1, -0.05) is 119 Å². The summed E-state index contributed by atoms with van der Waals surface area (Å²) in [6.07, 6.45) is -10.1. The number of hydrogen-bond acceptors (Lipinski definition) is 1. The summed E-state index contributed by atoms with van der Waals surface area (Å²) < 4.78 is 90.7. The quantitative estimate of drug-likeness (QED) is 0.153. The fourth-order valence-electron chi connectivity index (χ4n) is 10.4. The van der Waals surface area contributed by atoms with Crippen LogP contribution >= 0.6 is 0 Å². The van der Waals surface area contributed by atoms with E-state index in [4.69, 9.17) is 0 Å². The highest BCUT2D eigenvalue weighted by molar-refractivity contribution is 6.12. The van der Waals surface area contributed by atoms with Crippen molar-refractivity contribution < 1.29 is 26.3 Å². The van der Waals surface area contributed by atoms with Gasteiger partial charge in [-0.15, -0.1) is 0 Å². The van der Waals surface area contributed by atoms with E-state index in [9.17, 15) is 31.6 Å². The minimum absolute atomic E-state index is 0.0303. The summed E-state index contributed by atoms with van der Waals surface area (Å²) in [5.41, 5.74) is 11.3. The third-order valence-electron chi connectivity index (χ3n) is 13.3. The van der Waals surface area contributed by atoms with Crippen LogP contribution in [0.5, 0.6) is 0 Å². The van der Waals surface area contributed by atoms with E-state index in [0.29, 0.717) is 28.6 Å². The lowest BCUT2D eigenvalue weighted by Crippen LogP contribution is -2.12. The van der Waals surface area contributed by atoms with Crippen molar-refractivity contribution >= 4 is 43.6 Å². The Morgan fingerprint density at radius 1 is 0.386 bits per heavy atom. The van der Waals surface area contributed by atoms with E-state index in [1.165, 1.54) is 6.07 Å². The van der Waals surface area contributed by atoms with E-state index in [1.807, 2.05) is 66.7 Å². The van der Waals surface area contributed by atoms with Crippen molar-refractivity contribution in [1.29, 1.82) is 5.26 Å². The molecule has 11 rings (SSSR count). The number of para-hydroxylation sites is 2. The molecule has 0 saturated carbocycles. The fourth-order valence-corrected chi connectivity index (χ4v) is 10.4. The van der Waals surface area contributed by atoms with Crippen molar-refractivity contribution in [2.45, 2.75) is 40.0 Å². The van der Waals surface area contributed by atoms with Crippen LogP contribution in [0.1, 0.15) is 38.9 Å². The number of rotatable bonds is 6. The predicted molar refractivity (Wildman–Crippen MR) is 271 cm³/mol. The predicted octanol–water partition coefficient (Wildman–Crippen LogP) is 17.7. The summed E-state index contributed by atoms with van der Waals surface area (Å²) in [6, 6.07) is 55.7. The van der Waals surface area contributed by atoms with Crippen molar-refractivity contribution in [2.24, 2.45) is 0 Å². The Morgan fingerprint density at radius 2 is 0.900 bits per heavy atom. The van der Waals surface area contributed by atoms with Gasteiger partial charge >= 0.3 is 12.4 Å². The molecule has 0 aliphatic rings. The molecular weight excluding hydrogens is 889 g/mol. The minimum Gasteiger partial charge on any atom is -0.309 e. The van der Waals surface area contributed by atoms with Gasteiger partial charge in [-0.25, -0.2) is 0 Å². The smallest absolute Gasteiger partial charge is 0.309 e. The zero-order valence-electron chi connectivity index (χ0n) is 38.4. The summed E-state index contributed by atoms with van der Waals surface area (Å²) in [5, 5.41) is 14.8. The molecule has 0 radical (unpaired) electrons. The zero-order chi connectivity index (χ0) is 48.8. The van der Waals surface area contributed by atoms with Crippen LogP contribution in [-0.4, -0.2) is 9.13 Å². The normalized spacial score (nSPS) is 12.1. The average molecular weight is 930 g/mol. The Hall–Kier alpha value is -8.35. The van der Waals surface area contributed by atoms with Crippen molar-refractivity contribution in [3.05, 3.63) is 215 Å². The highest BCUT2D eigenvalue weighted by Crippen LogP contribution is 2.46. The Labute approximate surface area is 399 Å². The van der Waals surface area contributed by atoms with Gasteiger partial charge in [-0.05, 0) is 140 Å². The number of alkyl halides is 6. The molecule has 0 amide bonds. The number of aryl methyl sites for hydroxylation is 4. The summed E-state index contributed by atoms with van der Waals surface area (Å²) >= 11 is 0. The maximum absolute atomic E-state index is 14.9. The fraction of sp³-hybridized carbons (Fsp3) is 0.0984. The first-order valence-electron chi connectivity index (χ1n) is 22.8. The Kier molecular flexibility index (Phi) is 10.4. The Balaban J connectivity index is 1.19. The number of fused-ring (bicyclic) bond motifs is 6. The van der Waals surface area contributed by atoms with Gasteiger partial charge in [0, 0.05) is 38.4 Å². The number of aromatic nitrogens is 2. The first kappa shape index (κ1) is 44.2. The number of nitrogens with zero attached hydrogens (tertiary/aromatic N) is 3. The summed E-state index contributed by atoms with van der Waals surface area (Å²) in [7, 11) is 0. The lowest BCUT2D eigenvalue weighted by molar-refractivity contribution is -0.142. The molecule has 2 heterocycles. The molecule has 11 aromatic rings. The Bertz CT molecular complexity index is 3950. The third kappa shape index (κ3) is 7.57. The lowest BCUT2D eigenvalue weighted by Gasteiger charge is -2.20. The third-order valence-corrected chi connectivity index (χ3v) is 13.3. The van der Waals surface area contributed by atoms with Crippen LogP contribution in [0.3, 0.4) is 0 Å². The van der Waals surface area contributed by atoms with Gasteiger partial charge in [0.15, 0.2) is 0 Å². The highest BCUT2D eigenvalue weighted by atomic mass is 19.4. The lowest BCUT2D eigenvalue weighted by atomic mass is 9.91. The van der Waals surface area contributed by atoms with Gasteiger partial charge < -0.3 is 9.13 Å². The van der Waals surface area contributed by atoms with Gasteiger partial charge in [0.05, 0.1) is 50.5 Å². The number of nitriles is 1. The van der Waals surface area contributed by atoms with Gasteiger partial charge in [-0.2, -0.15) is 31.6 Å². The number of halogens is 6. The molecule has 70 heavy (non-hydrogen) atoms. The van der Waals surface area contributed by atoms with Gasteiger partial charge in [0.25, 0.3) is 0 Å². The second kappa shape index (κ2) is 16.4. The van der Waals surface area contributed by atoms with Crippen molar-refractivity contribution in [2.75, 3.05) is 0 Å². The molecule has 0 aliphatic carbocycles. The van der Waals surface area contributed by atoms with E-state index in [2.05, 4.69) is 110 Å². The second-order valence-corrected chi connectivity index (χ2v) is 18.3. The number of hydrogen-bond donors (Lipinski definition) is 0. The van der Waals surface area contributed by atoms with E-state index in [1.54, 1.807) is 18.2 Å². The second-order valence-electron chi connectivity index (χ2n) is 18.3. The molecule has 9 heteroatoms. The monoisotopic (exact) mass is 929 g/mol. The molecule has 0 aliphatic heterocycles. The zero-order valence-corrected chi connectivity index (χ0v) is 38.4. The van der Waals surface area contributed by atoms with Gasteiger partial charge in [0.2, 0.25) is 0 Å². The number of benzene rings is 9. The molecular formula is C61H41F6N3. The molecule has 342 valence electrons. The standard InChI is InChI=1S/C61H41F6N3/c1-35-23-36(2)26-43(25-35)39-14-20-57-51(29-39)48-9-5-7-11-55(48)69(57)46-18-13-42(34-68)50(33-46)53-31-41(47-19-17-45(60(62,63)64)32-54(47)61(65,66)67)16-22-59(53)70-56-12-8-6-10-49(56)52-30-40(15-21-58(52)70)44-27-37(3)24-38(4)28-44/h5-33H,1-4H3. The average Bonchev–Trinajstić information content (AvgIpc) is 3.84. The molecule has 0 fully saturated rings. The van der Waals surface area contributed by atoms with Crippen molar-refractivity contribution in [3.63, 3.8) is 0 Å². The van der Waals surface area contributed by atoms with Gasteiger partial charge in [-0.3, -0.25) is 0 Å². The SMILES string of the molecule is Cc1cc(C)cc(-c2ccc3c(c2)c2ccccc2n3-c2ccc(C#N)c(-c3cc(-c4ccc(C(F)(F)F)cc4C(F)(F)F)ccc3-n3c4ccccc4c4cc(-c5cc(C)cc(C)c5)ccc43)c2)c1. The van der Waals surface area contributed by atoms with E-state index in [0.717, 1.165) is 94.2 Å². The summed E-state index contributed by atoms with van der Waals surface area (Å²) in [5.74, 6) is 0. The summed E-state index contributed by atoms with van der Waals surface area (Å²) in [6.45, 7) is 8.27. The highest BCUT2D eigenvalue weighted by Gasteiger charge is 2.38. The first-order valence-corrected chi connectivity index (χ1v) is 22.8. The molecule has 0 atom stereocenters. The van der Waals surface area contributed by atoms with Crippen LogP contribution in [0.25, 0.3) is 99.5 Å². The van der Waals surface area contributed by atoms with Crippen LogP contribution in [-0.2, 0) is 12.4 Å². The summed E-state index contributed by atoms with van der Waals surface area (Å²) in [4.78, 5) is 0. The molecule has 0 spiro atoms. The molecule has 3 nitrogen and oxygen atoms in total. The van der Waals surface area contributed by atoms with Crippen LogP contribution in [0.2, 0.25) is 0 Å². The van der Waals surface area contributed by atoms with E-state index >= 15 is 0 Å². The van der Waals surface area contributed by atoms with Crippen LogP contribution in [0.4, 0.5) is 26.3 Å². The molecule has 2 aromatic heterocycles. The van der Waals surface area contributed by atoms with Crippen LogP contribution in [0.15, 0.2) is 176 Å². The van der Waals surface area contributed by atoms with Crippen LogP contribution < -0.4 is 0 Å². The molecule has 0 saturated heterocycles. The topological polar surface area (TPSA) is 33.6 Å². The molecule has 0 N–H and O–H groups in total. The minimum atomic E-state index is -5.12. The molecule has 9 aromatic carbocycles. The van der Waals surface area contributed by atoms with Gasteiger partial charge in [0.1, 0.15) is 0 Å². The molecule has 0 bridgehead atoms. The maximum Gasteiger partial charge on any atom is 0.417 e.